The molecule has 1 aromatic rings. The molecule has 3 nitrogen and oxygen atoms in total. The lowest BCUT2D eigenvalue weighted by molar-refractivity contribution is -0.0869. The number of hydrogen-bond donors (Lipinski definition) is 1. The minimum Gasteiger partial charge on any atom is -0.488 e. The molecule has 0 bridgehead atoms. The normalized spacial score (nSPS) is 28.6. The standard InChI is InChI=1S/C12H16INO2/c1-14-10-7-11(12(10)15-2)16-9-5-3-8(13)4-6-9/h3-6,10-12,14H,7H2,1-2H3. The third kappa shape index (κ3) is 2.49. The first kappa shape index (κ1) is 12.1. The first-order valence-corrected chi connectivity index (χ1v) is 6.44. The van der Waals surface area contributed by atoms with E-state index in [9.17, 15) is 0 Å². The molecule has 0 saturated heterocycles. The van der Waals surface area contributed by atoms with Gasteiger partial charge >= 0.3 is 0 Å². The summed E-state index contributed by atoms with van der Waals surface area (Å²) in [5, 5.41) is 3.22. The molecular formula is C12H16INO2. The predicted molar refractivity (Wildman–Crippen MR) is 71.8 cm³/mol. The van der Waals surface area contributed by atoms with E-state index in [2.05, 4.69) is 27.9 Å². The average molecular weight is 333 g/mol. The molecule has 0 heterocycles. The molecule has 1 fully saturated rings. The highest BCUT2D eigenvalue weighted by molar-refractivity contribution is 14.1. The highest BCUT2D eigenvalue weighted by atomic mass is 127. The van der Waals surface area contributed by atoms with Crippen LogP contribution in [0.3, 0.4) is 0 Å². The van der Waals surface area contributed by atoms with Gasteiger partial charge in [0.1, 0.15) is 18.0 Å². The fourth-order valence-electron chi connectivity index (χ4n) is 1.98. The smallest absolute Gasteiger partial charge is 0.128 e. The molecule has 4 heteroatoms. The molecule has 3 atom stereocenters. The van der Waals surface area contributed by atoms with Crippen molar-refractivity contribution in [1.29, 1.82) is 0 Å². The quantitative estimate of drug-likeness (QED) is 0.856. The number of likely N-dealkylation sites (N-methyl/N-ethyl adjacent to an activating group) is 1. The first-order chi connectivity index (χ1) is 7.74. The van der Waals surface area contributed by atoms with Crippen molar-refractivity contribution in [2.24, 2.45) is 0 Å². The minimum absolute atomic E-state index is 0.157. The highest BCUT2D eigenvalue weighted by Crippen LogP contribution is 2.28. The van der Waals surface area contributed by atoms with Crippen LogP contribution in [0.25, 0.3) is 0 Å². The molecule has 1 saturated carbocycles. The van der Waals surface area contributed by atoms with Crippen LogP contribution in [0, 0.1) is 3.57 Å². The van der Waals surface area contributed by atoms with Crippen molar-refractivity contribution in [2.75, 3.05) is 14.2 Å². The Hall–Kier alpha value is -0.330. The summed E-state index contributed by atoms with van der Waals surface area (Å²) in [7, 11) is 3.69. The van der Waals surface area contributed by atoms with Crippen molar-refractivity contribution < 1.29 is 9.47 Å². The molecular weight excluding hydrogens is 317 g/mol. The molecule has 0 radical (unpaired) electrons. The molecule has 2 rings (SSSR count). The van der Waals surface area contributed by atoms with Crippen molar-refractivity contribution in [1.82, 2.24) is 5.32 Å². The van der Waals surface area contributed by atoms with Gasteiger partial charge in [0.2, 0.25) is 0 Å². The van der Waals surface area contributed by atoms with E-state index in [1.54, 1.807) is 7.11 Å². The van der Waals surface area contributed by atoms with E-state index >= 15 is 0 Å². The van der Waals surface area contributed by atoms with Gasteiger partial charge in [-0.05, 0) is 53.9 Å². The number of hydrogen-bond acceptors (Lipinski definition) is 3. The third-order valence-corrected chi connectivity index (χ3v) is 3.71. The van der Waals surface area contributed by atoms with Gasteiger partial charge in [0.05, 0.1) is 0 Å². The molecule has 1 N–H and O–H groups in total. The first-order valence-electron chi connectivity index (χ1n) is 5.37. The summed E-state index contributed by atoms with van der Waals surface area (Å²) < 4.78 is 12.5. The SMILES string of the molecule is CNC1CC(Oc2ccc(I)cc2)C1OC. The number of nitrogens with one attached hydrogen (secondary N) is 1. The second kappa shape index (κ2) is 5.33. The second-order valence-electron chi connectivity index (χ2n) is 3.94. The van der Waals surface area contributed by atoms with Gasteiger partial charge < -0.3 is 14.8 Å². The fourth-order valence-corrected chi connectivity index (χ4v) is 2.34. The Morgan fingerprint density at radius 3 is 2.56 bits per heavy atom. The number of benzene rings is 1. The molecule has 0 aliphatic heterocycles. The monoisotopic (exact) mass is 333 g/mol. The van der Waals surface area contributed by atoms with Crippen LogP contribution >= 0.6 is 22.6 Å². The van der Waals surface area contributed by atoms with Gasteiger partial charge in [-0.1, -0.05) is 0 Å². The van der Waals surface area contributed by atoms with E-state index in [1.807, 2.05) is 31.3 Å². The Morgan fingerprint density at radius 1 is 1.31 bits per heavy atom. The van der Waals surface area contributed by atoms with Crippen molar-refractivity contribution in [3.8, 4) is 5.75 Å². The zero-order chi connectivity index (χ0) is 11.5. The summed E-state index contributed by atoms with van der Waals surface area (Å²) >= 11 is 2.28. The summed E-state index contributed by atoms with van der Waals surface area (Å²) in [5.41, 5.74) is 0. The largest absolute Gasteiger partial charge is 0.488 e. The molecule has 3 unspecified atom stereocenters. The predicted octanol–water partition coefficient (Wildman–Crippen LogP) is 2.05. The number of rotatable bonds is 4. The van der Waals surface area contributed by atoms with Gasteiger partial charge in [0.15, 0.2) is 0 Å². The summed E-state index contributed by atoms with van der Waals surface area (Å²) in [6.07, 6.45) is 1.33. The lowest BCUT2D eigenvalue weighted by Gasteiger charge is -2.42. The van der Waals surface area contributed by atoms with Crippen LogP contribution in [-0.2, 0) is 4.74 Å². The average Bonchev–Trinajstić information content (AvgIpc) is 2.26. The van der Waals surface area contributed by atoms with Crippen molar-refractivity contribution in [2.45, 2.75) is 24.7 Å². The van der Waals surface area contributed by atoms with Gasteiger partial charge in [0, 0.05) is 23.1 Å². The third-order valence-electron chi connectivity index (χ3n) is 2.99. The Balaban J connectivity index is 1.93. The van der Waals surface area contributed by atoms with E-state index in [0.29, 0.717) is 6.04 Å². The molecule has 1 aliphatic rings. The number of ether oxygens (including phenoxy) is 2. The van der Waals surface area contributed by atoms with Gasteiger partial charge in [0.25, 0.3) is 0 Å². The Morgan fingerprint density at radius 2 is 2.00 bits per heavy atom. The Kier molecular flexibility index (Phi) is 4.05. The molecule has 88 valence electrons. The highest BCUT2D eigenvalue weighted by Gasteiger charge is 2.42. The summed E-state index contributed by atoms with van der Waals surface area (Å²) in [4.78, 5) is 0. The Bertz CT molecular complexity index is 341. The molecule has 1 aliphatic carbocycles. The van der Waals surface area contributed by atoms with E-state index in [1.165, 1.54) is 3.57 Å². The fraction of sp³-hybridized carbons (Fsp3) is 0.500. The van der Waals surface area contributed by atoms with E-state index < -0.39 is 0 Å². The lowest BCUT2D eigenvalue weighted by atomic mass is 9.85. The molecule has 1 aromatic carbocycles. The maximum Gasteiger partial charge on any atom is 0.128 e. The van der Waals surface area contributed by atoms with Gasteiger partial charge in [-0.15, -0.1) is 0 Å². The van der Waals surface area contributed by atoms with Crippen molar-refractivity contribution >= 4 is 22.6 Å². The molecule has 0 aromatic heterocycles. The maximum absolute atomic E-state index is 5.87. The summed E-state index contributed by atoms with van der Waals surface area (Å²) in [6.45, 7) is 0. The minimum atomic E-state index is 0.157. The van der Waals surface area contributed by atoms with Crippen LogP contribution in [0.15, 0.2) is 24.3 Å². The van der Waals surface area contributed by atoms with E-state index in [4.69, 9.17) is 9.47 Å². The molecule has 0 amide bonds. The van der Waals surface area contributed by atoms with Crippen molar-refractivity contribution in [3.63, 3.8) is 0 Å². The van der Waals surface area contributed by atoms with Gasteiger partial charge in [-0.3, -0.25) is 0 Å². The van der Waals surface area contributed by atoms with Gasteiger partial charge in [-0.2, -0.15) is 0 Å². The molecule has 0 spiro atoms. The topological polar surface area (TPSA) is 30.5 Å². The second-order valence-corrected chi connectivity index (χ2v) is 5.19. The van der Waals surface area contributed by atoms with Crippen LogP contribution in [0.4, 0.5) is 0 Å². The zero-order valence-corrected chi connectivity index (χ0v) is 11.6. The molecule has 16 heavy (non-hydrogen) atoms. The van der Waals surface area contributed by atoms with Crippen LogP contribution in [0.5, 0.6) is 5.75 Å². The zero-order valence-electron chi connectivity index (χ0n) is 9.44. The van der Waals surface area contributed by atoms with Crippen LogP contribution < -0.4 is 10.1 Å². The summed E-state index contributed by atoms with van der Waals surface area (Å²) in [6, 6.07) is 8.51. The van der Waals surface area contributed by atoms with Crippen LogP contribution in [0.2, 0.25) is 0 Å². The van der Waals surface area contributed by atoms with E-state index in [0.717, 1.165) is 12.2 Å². The lowest BCUT2D eigenvalue weighted by Crippen LogP contribution is -2.60. The van der Waals surface area contributed by atoms with Gasteiger partial charge in [-0.25, -0.2) is 0 Å². The van der Waals surface area contributed by atoms with Crippen molar-refractivity contribution in [3.05, 3.63) is 27.8 Å². The Labute approximate surface area is 110 Å². The van der Waals surface area contributed by atoms with Crippen LogP contribution in [-0.4, -0.2) is 32.4 Å². The summed E-state index contributed by atoms with van der Waals surface area (Å²) in [5.74, 6) is 0.919. The maximum atomic E-state index is 5.87. The van der Waals surface area contributed by atoms with Crippen LogP contribution in [0.1, 0.15) is 6.42 Å². The van der Waals surface area contributed by atoms with E-state index in [-0.39, 0.29) is 12.2 Å². The number of halogens is 1. The number of methoxy groups -OCH3 is 1.